The molecule has 1 aromatic rings. The number of carbonyl (C=O) groups excluding carboxylic acids is 1. The van der Waals surface area contributed by atoms with Crippen LogP contribution < -0.4 is 15.8 Å². The van der Waals surface area contributed by atoms with Gasteiger partial charge in [0.2, 0.25) is 15.9 Å². The van der Waals surface area contributed by atoms with Crippen molar-refractivity contribution in [2.75, 3.05) is 11.9 Å². The van der Waals surface area contributed by atoms with Gasteiger partial charge < -0.3 is 11.1 Å². The van der Waals surface area contributed by atoms with Crippen LogP contribution in [0.2, 0.25) is 0 Å². The number of nitrogens with two attached hydrogens (primary N) is 1. The largest absolute Gasteiger partial charge is 0.324 e. The Bertz CT molecular complexity index is 585. The number of sulfonamides is 1. The summed E-state index contributed by atoms with van der Waals surface area (Å²) >= 11 is 0. The first-order valence-electron chi connectivity index (χ1n) is 6.93. The molecule has 0 aliphatic heterocycles. The lowest BCUT2D eigenvalue weighted by molar-refractivity contribution is -0.117. The Morgan fingerprint density at radius 2 is 1.90 bits per heavy atom. The van der Waals surface area contributed by atoms with Gasteiger partial charge in [-0.2, -0.15) is 0 Å². The van der Waals surface area contributed by atoms with Gasteiger partial charge in [0.15, 0.2) is 0 Å². The lowest BCUT2D eigenvalue weighted by atomic mass is 10.0. The van der Waals surface area contributed by atoms with Crippen LogP contribution >= 0.6 is 0 Å². The van der Waals surface area contributed by atoms with Crippen molar-refractivity contribution in [3.63, 3.8) is 0 Å². The maximum Gasteiger partial charge on any atom is 0.242 e. The fourth-order valence-corrected chi connectivity index (χ4v) is 3.11. The molecular weight excluding hydrogens is 290 g/mol. The summed E-state index contributed by atoms with van der Waals surface area (Å²) in [4.78, 5) is 12.1. The van der Waals surface area contributed by atoms with Crippen LogP contribution in [0.3, 0.4) is 0 Å². The fraction of sp³-hybridized carbons (Fsp3) is 0.500. The molecule has 1 amide bonds. The number of para-hydroxylation sites is 1. The zero-order valence-electron chi connectivity index (χ0n) is 12.6. The highest BCUT2D eigenvalue weighted by Crippen LogP contribution is 2.21. The van der Waals surface area contributed by atoms with E-state index in [1.54, 1.807) is 25.1 Å². The van der Waals surface area contributed by atoms with Crippen molar-refractivity contribution in [2.45, 2.75) is 38.1 Å². The van der Waals surface area contributed by atoms with Crippen LogP contribution in [-0.4, -0.2) is 26.9 Å². The highest BCUT2D eigenvalue weighted by molar-refractivity contribution is 7.89. The number of anilines is 1. The van der Waals surface area contributed by atoms with E-state index < -0.39 is 16.1 Å². The van der Waals surface area contributed by atoms with Crippen LogP contribution in [0.1, 0.15) is 27.2 Å². The third-order valence-electron chi connectivity index (χ3n) is 2.83. The van der Waals surface area contributed by atoms with Gasteiger partial charge in [-0.05, 0) is 24.5 Å². The molecule has 0 unspecified atom stereocenters. The number of nitrogens with one attached hydrogen (secondary N) is 2. The summed E-state index contributed by atoms with van der Waals surface area (Å²) in [7, 11) is -3.64. The highest BCUT2D eigenvalue weighted by Gasteiger charge is 2.21. The molecule has 1 atom stereocenters. The molecule has 0 radical (unpaired) electrons. The molecule has 0 aliphatic rings. The molecule has 6 nitrogen and oxygen atoms in total. The van der Waals surface area contributed by atoms with Crippen molar-refractivity contribution >= 4 is 21.6 Å². The van der Waals surface area contributed by atoms with Gasteiger partial charge >= 0.3 is 0 Å². The quantitative estimate of drug-likeness (QED) is 0.706. The Morgan fingerprint density at radius 3 is 2.48 bits per heavy atom. The third kappa shape index (κ3) is 5.11. The minimum Gasteiger partial charge on any atom is -0.324 e. The van der Waals surface area contributed by atoms with Crippen molar-refractivity contribution in [1.29, 1.82) is 0 Å². The van der Waals surface area contributed by atoms with Crippen LogP contribution in [0.25, 0.3) is 0 Å². The van der Waals surface area contributed by atoms with Gasteiger partial charge in [0.05, 0.1) is 11.7 Å². The number of benzene rings is 1. The van der Waals surface area contributed by atoms with Crippen molar-refractivity contribution in [3.05, 3.63) is 24.3 Å². The zero-order valence-corrected chi connectivity index (χ0v) is 13.4. The molecule has 0 saturated heterocycles. The zero-order chi connectivity index (χ0) is 16.0. The van der Waals surface area contributed by atoms with E-state index in [4.69, 9.17) is 5.73 Å². The minimum atomic E-state index is -3.64. The summed E-state index contributed by atoms with van der Waals surface area (Å²) in [5.74, 6) is -0.102. The average Bonchev–Trinajstić information content (AvgIpc) is 2.38. The smallest absolute Gasteiger partial charge is 0.242 e. The molecule has 7 heteroatoms. The number of amides is 1. The summed E-state index contributed by atoms with van der Waals surface area (Å²) in [5.41, 5.74) is 6.05. The van der Waals surface area contributed by atoms with Crippen molar-refractivity contribution in [2.24, 2.45) is 11.7 Å². The Hall–Kier alpha value is -1.44. The molecule has 1 aromatic carbocycles. The van der Waals surface area contributed by atoms with E-state index in [-0.39, 0.29) is 29.0 Å². The number of rotatable bonds is 7. The van der Waals surface area contributed by atoms with Crippen LogP contribution in [0.15, 0.2) is 29.2 Å². The summed E-state index contributed by atoms with van der Waals surface area (Å²) in [6.07, 6.45) is 0.536. The Kier molecular flexibility index (Phi) is 6.32. The summed E-state index contributed by atoms with van der Waals surface area (Å²) in [6.45, 7) is 5.90. The predicted molar refractivity (Wildman–Crippen MR) is 83.4 cm³/mol. The minimum absolute atomic E-state index is 0.0388. The van der Waals surface area contributed by atoms with Crippen molar-refractivity contribution in [1.82, 2.24) is 4.72 Å². The second kappa shape index (κ2) is 7.53. The van der Waals surface area contributed by atoms with Gasteiger partial charge in [-0.3, -0.25) is 4.79 Å². The summed E-state index contributed by atoms with van der Waals surface area (Å²) < 4.78 is 26.6. The van der Waals surface area contributed by atoms with Crippen molar-refractivity contribution < 1.29 is 13.2 Å². The van der Waals surface area contributed by atoms with Gasteiger partial charge in [-0.1, -0.05) is 32.9 Å². The molecule has 1 rings (SSSR count). The SMILES string of the molecule is CCNS(=O)(=O)c1ccccc1NC(=O)[C@H](N)CC(C)C. The maximum absolute atomic E-state index is 12.1. The molecule has 0 bridgehead atoms. The molecule has 4 N–H and O–H groups in total. The molecule has 21 heavy (non-hydrogen) atoms. The molecule has 0 aromatic heterocycles. The second-order valence-corrected chi connectivity index (χ2v) is 6.96. The van der Waals surface area contributed by atoms with Crippen molar-refractivity contribution in [3.8, 4) is 0 Å². The number of carbonyl (C=O) groups is 1. The molecular formula is C14H23N3O3S. The standard InChI is InChI=1S/C14H23N3O3S/c1-4-16-21(19,20)13-8-6-5-7-12(13)17-14(18)11(15)9-10(2)3/h5-8,10-11,16H,4,9,15H2,1-3H3,(H,17,18)/t11-/m1/s1. The predicted octanol–water partition coefficient (Wildman–Crippen LogP) is 1.30. The molecule has 0 aliphatic carbocycles. The number of hydrogen-bond donors (Lipinski definition) is 3. The van der Waals surface area contributed by atoms with E-state index in [2.05, 4.69) is 10.0 Å². The highest BCUT2D eigenvalue weighted by atomic mass is 32.2. The van der Waals surface area contributed by atoms with E-state index >= 15 is 0 Å². The normalized spacial score (nSPS) is 13.2. The van der Waals surface area contributed by atoms with Crippen LogP contribution in [0.4, 0.5) is 5.69 Å². The van der Waals surface area contributed by atoms with E-state index in [9.17, 15) is 13.2 Å². The lowest BCUT2D eigenvalue weighted by Crippen LogP contribution is -2.37. The van der Waals surface area contributed by atoms with Crippen LogP contribution in [-0.2, 0) is 14.8 Å². The first-order chi connectivity index (χ1) is 9.77. The van der Waals surface area contributed by atoms with E-state index in [1.807, 2.05) is 13.8 Å². The molecule has 0 spiro atoms. The first kappa shape index (κ1) is 17.6. The monoisotopic (exact) mass is 313 g/mol. The Balaban J connectivity index is 2.97. The fourth-order valence-electron chi connectivity index (χ4n) is 1.91. The summed E-state index contributed by atoms with van der Waals surface area (Å²) in [5, 5.41) is 2.60. The average molecular weight is 313 g/mol. The van der Waals surface area contributed by atoms with Crippen LogP contribution in [0.5, 0.6) is 0 Å². The topological polar surface area (TPSA) is 101 Å². The van der Waals surface area contributed by atoms with Gasteiger partial charge in [0.25, 0.3) is 0 Å². The number of hydrogen-bond acceptors (Lipinski definition) is 4. The lowest BCUT2D eigenvalue weighted by Gasteiger charge is -2.16. The Labute approximate surface area is 126 Å². The van der Waals surface area contributed by atoms with Gasteiger partial charge in [-0.25, -0.2) is 13.1 Å². The van der Waals surface area contributed by atoms with E-state index in [1.165, 1.54) is 6.07 Å². The van der Waals surface area contributed by atoms with Gasteiger partial charge in [0, 0.05) is 6.54 Å². The van der Waals surface area contributed by atoms with E-state index in [0.717, 1.165) is 0 Å². The Morgan fingerprint density at radius 1 is 1.29 bits per heavy atom. The maximum atomic E-state index is 12.1. The molecule has 0 heterocycles. The third-order valence-corrected chi connectivity index (χ3v) is 4.43. The summed E-state index contributed by atoms with van der Waals surface area (Å²) in [6, 6.07) is 5.59. The molecule has 0 fully saturated rings. The van der Waals surface area contributed by atoms with Gasteiger partial charge in [-0.15, -0.1) is 0 Å². The molecule has 0 saturated carbocycles. The van der Waals surface area contributed by atoms with E-state index in [0.29, 0.717) is 6.42 Å². The molecule has 118 valence electrons. The second-order valence-electron chi connectivity index (χ2n) is 5.22. The van der Waals surface area contributed by atoms with Crippen LogP contribution in [0, 0.1) is 5.92 Å². The van der Waals surface area contributed by atoms with Gasteiger partial charge in [0.1, 0.15) is 4.90 Å². The first-order valence-corrected chi connectivity index (χ1v) is 8.41.